The second-order valence-corrected chi connectivity index (χ2v) is 5.79. The number of halogens is 1. The van der Waals surface area contributed by atoms with Gasteiger partial charge < -0.3 is 19.9 Å². The molecule has 1 aromatic heterocycles. The number of imidazole rings is 1. The quantitative estimate of drug-likeness (QED) is 0.876. The Balaban J connectivity index is 1.68. The zero-order valence-electron chi connectivity index (χ0n) is 13.8. The van der Waals surface area contributed by atoms with Gasteiger partial charge in [-0.05, 0) is 12.1 Å². The first kappa shape index (κ1) is 17.1. The molecular formula is C17H19FN4O3. The van der Waals surface area contributed by atoms with E-state index in [9.17, 15) is 14.0 Å². The maximum atomic E-state index is 13.8. The second kappa shape index (κ2) is 7.43. The van der Waals surface area contributed by atoms with E-state index in [0.717, 1.165) is 5.69 Å². The van der Waals surface area contributed by atoms with Gasteiger partial charge in [0, 0.05) is 13.5 Å². The topological polar surface area (TPSA) is 87.3 Å². The molecule has 0 saturated carbocycles. The van der Waals surface area contributed by atoms with Crippen LogP contribution in [0, 0.1) is 5.82 Å². The number of rotatable bonds is 4. The van der Waals surface area contributed by atoms with Gasteiger partial charge in [0.05, 0.1) is 37.2 Å². The van der Waals surface area contributed by atoms with Gasteiger partial charge >= 0.3 is 0 Å². The number of ether oxygens (including phenoxy) is 1. The zero-order chi connectivity index (χ0) is 17.8. The first-order valence-electron chi connectivity index (χ1n) is 7.98. The van der Waals surface area contributed by atoms with Crippen molar-refractivity contribution in [3.05, 3.63) is 53.4 Å². The van der Waals surface area contributed by atoms with Crippen LogP contribution < -0.4 is 5.32 Å². The largest absolute Gasteiger partial charge is 0.367 e. The molecule has 0 spiro atoms. The van der Waals surface area contributed by atoms with E-state index >= 15 is 0 Å². The number of aromatic amines is 1. The lowest BCUT2D eigenvalue weighted by molar-refractivity contribution is -0.119. The Morgan fingerprint density at radius 1 is 1.44 bits per heavy atom. The molecule has 1 saturated heterocycles. The standard InChI is InChI=1S/C17H19FN4O3/c1-11(23)19-8-12-9-20-16(21-12)15-10-22(6-7-25-15)17(24)13-4-2-3-5-14(13)18/h2-5,9,15H,6-8,10H2,1H3,(H,19,23)(H,20,21). The molecule has 2 aromatic rings. The van der Waals surface area contributed by atoms with Crippen molar-refractivity contribution in [3.8, 4) is 0 Å². The highest BCUT2D eigenvalue weighted by molar-refractivity contribution is 5.94. The Morgan fingerprint density at radius 3 is 3.00 bits per heavy atom. The van der Waals surface area contributed by atoms with Gasteiger partial charge in [0.15, 0.2) is 0 Å². The maximum Gasteiger partial charge on any atom is 0.257 e. The number of H-pyrrole nitrogens is 1. The van der Waals surface area contributed by atoms with Gasteiger partial charge in [-0.25, -0.2) is 9.37 Å². The summed E-state index contributed by atoms with van der Waals surface area (Å²) in [4.78, 5) is 32.4. The Hall–Kier alpha value is -2.74. The van der Waals surface area contributed by atoms with E-state index in [0.29, 0.717) is 25.5 Å². The van der Waals surface area contributed by atoms with Crippen molar-refractivity contribution in [1.29, 1.82) is 0 Å². The van der Waals surface area contributed by atoms with Crippen LogP contribution in [0.5, 0.6) is 0 Å². The molecular weight excluding hydrogens is 327 g/mol. The molecule has 1 unspecified atom stereocenters. The van der Waals surface area contributed by atoms with E-state index in [1.165, 1.54) is 19.1 Å². The summed E-state index contributed by atoms with van der Waals surface area (Å²) >= 11 is 0. The van der Waals surface area contributed by atoms with Crippen LogP contribution in [-0.2, 0) is 16.1 Å². The van der Waals surface area contributed by atoms with Crippen LogP contribution >= 0.6 is 0 Å². The molecule has 8 heteroatoms. The van der Waals surface area contributed by atoms with Crippen LogP contribution in [0.25, 0.3) is 0 Å². The fourth-order valence-corrected chi connectivity index (χ4v) is 2.65. The smallest absolute Gasteiger partial charge is 0.257 e. The predicted molar refractivity (Wildman–Crippen MR) is 87.1 cm³/mol. The number of amides is 2. The molecule has 1 aliphatic rings. The molecule has 2 N–H and O–H groups in total. The molecule has 0 aliphatic carbocycles. The van der Waals surface area contributed by atoms with E-state index in [4.69, 9.17) is 4.74 Å². The van der Waals surface area contributed by atoms with Crippen molar-refractivity contribution in [2.24, 2.45) is 0 Å². The SMILES string of the molecule is CC(=O)NCc1cnc(C2CN(C(=O)c3ccccc3F)CCO2)[nH]1. The van der Waals surface area contributed by atoms with Crippen LogP contribution in [0.3, 0.4) is 0 Å². The first-order valence-corrected chi connectivity index (χ1v) is 7.98. The molecule has 0 bridgehead atoms. The second-order valence-electron chi connectivity index (χ2n) is 5.79. The predicted octanol–water partition coefficient (Wildman–Crippen LogP) is 1.40. The number of carbonyl (C=O) groups excluding carboxylic acids is 2. The van der Waals surface area contributed by atoms with Crippen molar-refractivity contribution in [2.45, 2.75) is 19.6 Å². The maximum absolute atomic E-state index is 13.8. The molecule has 2 heterocycles. The normalized spacial score (nSPS) is 17.4. The lowest BCUT2D eigenvalue weighted by Crippen LogP contribution is -2.42. The molecule has 132 valence electrons. The Bertz CT molecular complexity index is 777. The van der Waals surface area contributed by atoms with E-state index in [1.807, 2.05) is 0 Å². The van der Waals surface area contributed by atoms with E-state index in [-0.39, 0.29) is 23.9 Å². The summed E-state index contributed by atoms with van der Waals surface area (Å²) < 4.78 is 19.5. The Labute approximate surface area is 144 Å². The number of carbonyl (C=O) groups is 2. The van der Waals surface area contributed by atoms with E-state index < -0.39 is 11.9 Å². The molecule has 2 amide bonds. The van der Waals surface area contributed by atoms with Crippen LogP contribution in [0.1, 0.15) is 34.9 Å². The van der Waals surface area contributed by atoms with Crippen LogP contribution in [-0.4, -0.2) is 46.4 Å². The molecule has 7 nitrogen and oxygen atoms in total. The monoisotopic (exact) mass is 346 g/mol. The number of nitrogens with zero attached hydrogens (tertiary/aromatic N) is 2. The molecule has 0 radical (unpaired) electrons. The lowest BCUT2D eigenvalue weighted by atomic mass is 10.1. The number of benzene rings is 1. The van der Waals surface area contributed by atoms with Gasteiger partial charge in [0.2, 0.25) is 5.91 Å². The summed E-state index contributed by atoms with van der Waals surface area (Å²) in [5.74, 6) is -0.458. The average Bonchev–Trinajstić information content (AvgIpc) is 3.09. The van der Waals surface area contributed by atoms with Crippen molar-refractivity contribution < 1.29 is 18.7 Å². The summed E-state index contributed by atoms with van der Waals surface area (Å²) in [5, 5.41) is 2.68. The summed E-state index contributed by atoms with van der Waals surface area (Å²) in [6.07, 6.45) is 1.20. The van der Waals surface area contributed by atoms with E-state index in [2.05, 4.69) is 15.3 Å². The Morgan fingerprint density at radius 2 is 2.24 bits per heavy atom. The first-order chi connectivity index (χ1) is 12.0. The molecule has 1 atom stereocenters. The highest BCUT2D eigenvalue weighted by Gasteiger charge is 2.28. The number of nitrogens with one attached hydrogen (secondary N) is 2. The van der Waals surface area contributed by atoms with Crippen molar-refractivity contribution in [3.63, 3.8) is 0 Å². The third-order valence-corrected chi connectivity index (χ3v) is 3.94. The minimum atomic E-state index is -0.536. The Kier molecular flexibility index (Phi) is 5.08. The fourth-order valence-electron chi connectivity index (χ4n) is 2.65. The summed E-state index contributed by atoms with van der Waals surface area (Å²) in [6, 6.07) is 5.93. The zero-order valence-corrected chi connectivity index (χ0v) is 13.8. The third-order valence-electron chi connectivity index (χ3n) is 3.94. The van der Waals surface area contributed by atoms with Gasteiger partial charge in [-0.2, -0.15) is 0 Å². The van der Waals surface area contributed by atoms with Crippen LogP contribution in [0.2, 0.25) is 0 Å². The number of morpholine rings is 1. The minimum Gasteiger partial charge on any atom is -0.367 e. The van der Waals surface area contributed by atoms with Gasteiger partial charge in [-0.15, -0.1) is 0 Å². The molecule has 25 heavy (non-hydrogen) atoms. The van der Waals surface area contributed by atoms with Gasteiger partial charge in [-0.3, -0.25) is 9.59 Å². The van der Waals surface area contributed by atoms with Crippen LogP contribution in [0.15, 0.2) is 30.5 Å². The van der Waals surface area contributed by atoms with Crippen LogP contribution in [0.4, 0.5) is 4.39 Å². The van der Waals surface area contributed by atoms with Gasteiger partial charge in [0.25, 0.3) is 5.91 Å². The van der Waals surface area contributed by atoms with Crippen molar-refractivity contribution in [2.75, 3.05) is 19.7 Å². The number of hydrogen-bond acceptors (Lipinski definition) is 4. The van der Waals surface area contributed by atoms with Crippen molar-refractivity contribution >= 4 is 11.8 Å². The molecule has 1 fully saturated rings. The number of aromatic nitrogens is 2. The lowest BCUT2D eigenvalue weighted by Gasteiger charge is -2.32. The fraction of sp³-hybridized carbons (Fsp3) is 0.353. The minimum absolute atomic E-state index is 0.0499. The summed E-state index contributed by atoms with van der Waals surface area (Å²) in [6.45, 7) is 2.79. The van der Waals surface area contributed by atoms with Gasteiger partial charge in [-0.1, -0.05) is 12.1 Å². The molecule has 1 aromatic carbocycles. The average molecular weight is 346 g/mol. The molecule has 3 rings (SSSR count). The third kappa shape index (κ3) is 4.03. The number of hydrogen-bond donors (Lipinski definition) is 2. The molecule has 1 aliphatic heterocycles. The van der Waals surface area contributed by atoms with Gasteiger partial charge in [0.1, 0.15) is 17.7 Å². The highest BCUT2D eigenvalue weighted by atomic mass is 19.1. The summed E-state index contributed by atoms with van der Waals surface area (Å²) in [5.41, 5.74) is 0.792. The van der Waals surface area contributed by atoms with E-state index in [1.54, 1.807) is 23.2 Å². The summed E-state index contributed by atoms with van der Waals surface area (Å²) in [7, 11) is 0. The van der Waals surface area contributed by atoms with Crippen molar-refractivity contribution in [1.82, 2.24) is 20.2 Å². The highest BCUT2D eigenvalue weighted by Crippen LogP contribution is 2.22.